The number of ether oxygens (including phenoxy) is 1. The Hall–Kier alpha value is -1.06. The van der Waals surface area contributed by atoms with Gasteiger partial charge in [-0.25, -0.2) is 0 Å². The van der Waals surface area contributed by atoms with E-state index in [0.717, 1.165) is 24.4 Å². The molecule has 3 heteroatoms. The monoisotopic (exact) mass is 250 g/mol. The zero-order chi connectivity index (χ0) is 13.5. The number of hydrogen-bond donors (Lipinski definition) is 1. The van der Waals surface area contributed by atoms with Crippen molar-refractivity contribution in [1.29, 1.82) is 0 Å². The van der Waals surface area contributed by atoms with Crippen molar-refractivity contribution in [3.63, 3.8) is 0 Å². The standard InChI is InChI=1S/C15H26N2O/c1-5-6-9-17(3)11-14(16)13-10-12(2)7-8-15(13)18-4/h7-8,10,14H,5-6,9,11,16H2,1-4H3. The molecule has 3 nitrogen and oxygen atoms in total. The Kier molecular flexibility index (Phi) is 6.16. The summed E-state index contributed by atoms with van der Waals surface area (Å²) in [5.41, 5.74) is 8.61. The Balaban J connectivity index is 2.70. The fourth-order valence-electron chi connectivity index (χ4n) is 2.10. The predicted octanol–water partition coefficient (Wildman–Crippen LogP) is 2.74. The van der Waals surface area contributed by atoms with E-state index < -0.39 is 0 Å². The van der Waals surface area contributed by atoms with Gasteiger partial charge in [0, 0.05) is 18.2 Å². The summed E-state index contributed by atoms with van der Waals surface area (Å²) in [6.07, 6.45) is 2.43. The molecule has 1 atom stereocenters. The fourth-order valence-corrected chi connectivity index (χ4v) is 2.10. The average Bonchev–Trinajstić information content (AvgIpc) is 2.36. The van der Waals surface area contributed by atoms with Crippen LogP contribution < -0.4 is 10.5 Å². The first-order chi connectivity index (χ1) is 8.58. The Labute approximate surface area is 111 Å². The molecular weight excluding hydrogens is 224 g/mol. The molecular formula is C15H26N2O. The SMILES string of the molecule is CCCCN(C)CC(N)c1cc(C)ccc1OC. The van der Waals surface area contributed by atoms with Crippen LogP contribution >= 0.6 is 0 Å². The lowest BCUT2D eigenvalue weighted by molar-refractivity contribution is 0.303. The highest BCUT2D eigenvalue weighted by Crippen LogP contribution is 2.25. The minimum absolute atomic E-state index is 0.00158. The Morgan fingerprint density at radius 1 is 1.39 bits per heavy atom. The average molecular weight is 250 g/mol. The van der Waals surface area contributed by atoms with Crippen LogP contribution in [0.25, 0.3) is 0 Å². The molecule has 0 spiro atoms. The molecule has 0 fully saturated rings. The molecule has 18 heavy (non-hydrogen) atoms. The van der Waals surface area contributed by atoms with Crippen molar-refractivity contribution in [3.8, 4) is 5.75 Å². The number of unbranched alkanes of at least 4 members (excludes halogenated alkanes) is 1. The molecule has 0 saturated carbocycles. The van der Waals surface area contributed by atoms with Crippen molar-refractivity contribution in [1.82, 2.24) is 4.90 Å². The van der Waals surface area contributed by atoms with E-state index in [0.29, 0.717) is 0 Å². The number of nitrogens with two attached hydrogens (primary N) is 1. The van der Waals surface area contributed by atoms with Crippen LogP contribution in [0.5, 0.6) is 5.75 Å². The summed E-state index contributed by atoms with van der Waals surface area (Å²) in [5.74, 6) is 0.886. The fraction of sp³-hybridized carbons (Fsp3) is 0.600. The van der Waals surface area contributed by atoms with E-state index in [1.165, 1.54) is 18.4 Å². The summed E-state index contributed by atoms with van der Waals surface area (Å²) in [6.45, 7) is 6.24. The highest BCUT2D eigenvalue weighted by Gasteiger charge is 2.14. The zero-order valence-electron chi connectivity index (χ0n) is 12.1. The lowest BCUT2D eigenvalue weighted by atomic mass is 10.0. The molecule has 0 aliphatic rings. The first-order valence-corrected chi connectivity index (χ1v) is 6.67. The maximum Gasteiger partial charge on any atom is 0.123 e. The topological polar surface area (TPSA) is 38.5 Å². The van der Waals surface area contributed by atoms with Crippen LogP contribution in [0, 0.1) is 6.92 Å². The number of likely N-dealkylation sites (N-methyl/N-ethyl adjacent to an activating group) is 1. The van der Waals surface area contributed by atoms with Gasteiger partial charge < -0.3 is 15.4 Å². The quantitative estimate of drug-likeness (QED) is 0.808. The number of methoxy groups -OCH3 is 1. The first-order valence-electron chi connectivity index (χ1n) is 6.67. The van der Waals surface area contributed by atoms with Crippen LogP contribution in [0.2, 0.25) is 0 Å². The van der Waals surface area contributed by atoms with Gasteiger partial charge >= 0.3 is 0 Å². The van der Waals surface area contributed by atoms with Crippen molar-refractivity contribution < 1.29 is 4.74 Å². The molecule has 0 amide bonds. The van der Waals surface area contributed by atoms with Crippen molar-refractivity contribution in [2.24, 2.45) is 5.73 Å². The van der Waals surface area contributed by atoms with Gasteiger partial charge in [0.2, 0.25) is 0 Å². The Morgan fingerprint density at radius 2 is 2.11 bits per heavy atom. The van der Waals surface area contributed by atoms with Gasteiger partial charge in [-0.05, 0) is 33.0 Å². The predicted molar refractivity (Wildman–Crippen MR) is 77.1 cm³/mol. The number of rotatable bonds is 7. The van der Waals surface area contributed by atoms with E-state index in [9.17, 15) is 0 Å². The van der Waals surface area contributed by atoms with Crippen molar-refractivity contribution >= 4 is 0 Å². The zero-order valence-corrected chi connectivity index (χ0v) is 12.1. The van der Waals surface area contributed by atoms with Gasteiger partial charge in [0.15, 0.2) is 0 Å². The number of aryl methyl sites for hydroxylation is 1. The molecule has 2 N–H and O–H groups in total. The van der Waals surface area contributed by atoms with Crippen molar-refractivity contribution in [2.45, 2.75) is 32.7 Å². The van der Waals surface area contributed by atoms with E-state index in [2.05, 4.69) is 37.9 Å². The normalized spacial score (nSPS) is 12.8. The third-order valence-electron chi connectivity index (χ3n) is 3.19. The molecule has 0 radical (unpaired) electrons. The van der Waals surface area contributed by atoms with Crippen LogP contribution in [0.1, 0.15) is 36.9 Å². The summed E-state index contributed by atoms with van der Waals surface area (Å²) in [6, 6.07) is 6.17. The van der Waals surface area contributed by atoms with Crippen LogP contribution in [-0.2, 0) is 0 Å². The second-order valence-corrected chi connectivity index (χ2v) is 4.97. The molecule has 0 aromatic heterocycles. The van der Waals surface area contributed by atoms with Crippen LogP contribution in [0.3, 0.4) is 0 Å². The van der Waals surface area contributed by atoms with E-state index in [-0.39, 0.29) is 6.04 Å². The summed E-state index contributed by atoms with van der Waals surface area (Å²) in [7, 11) is 3.82. The first kappa shape index (κ1) is 15.0. The van der Waals surface area contributed by atoms with E-state index in [1.807, 2.05) is 6.07 Å². The van der Waals surface area contributed by atoms with Gasteiger partial charge in [-0.3, -0.25) is 0 Å². The number of benzene rings is 1. The maximum atomic E-state index is 6.29. The molecule has 1 unspecified atom stereocenters. The largest absolute Gasteiger partial charge is 0.496 e. The minimum atomic E-state index is 0.00158. The Morgan fingerprint density at radius 3 is 2.72 bits per heavy atom. The molecule has 1 aromatic carbocycles. The van der Waals surface area contributed by atoms with Gasteiger partial charge in [0.25, 0.3) is 0 Å². The van der Waals surface area contributed by atoms with Gasteiger partial charge in [0.05, 0.1) is 7.11 Å². The highest BCUT2D eigenvalue weighted by atomic mass is 16.5. The summed E-state index contributed by atoms with van der Waals surface area (Å²) in [5, 5.41) is 0. The number of hydrogen-bond acceptors (Lipinski definition) is 3. The van der Waals surface area contributed by atoms with Crippen LogP contribution in [0.15, 0.2) is 18.2 Å². The smallest absolute Gasteiger partial charge is 0.123 e. The Bertz CT molecular complexity index is 366. The van der Waals surface area contributed by atoms with Gasteiger partial charge in [0.1, 0.15) is 5.75 Å². The molecule has 0 aliphatic heterocycles. The lowest BCUT2D eigenvalue weighted by Crippen LogP contribution is -2.30. The third-order valence-corrected chi connectivity index (χ3v) is 3.19. The maximum absolute atomic E-state index is 6.29. The van der Waals surface area contributed by atoms with E-state index in [4.69, 9.17) is 10.5 Å². The lowest BCUT2D eigenvalue weighted by Gasteiger charge is -2.23. The molecule has 0 heterocycles. The van der Waals surface area contributed by atoms with Crippen LogP contribution in [-0.4, -0.2) is 32.1 Å². The summed E-state index contributed by atoms with van der Waals surface area (Å²) >= 11 is 0. The molecule has 102 valence electrons. The van der Waals surface area contributed by atoms with Crippen molar-refractivity contribution in [3.05, 3.63) is 29.3 Å². The van der Waals surface area contributed by atoms with Crippen molar-refractivity contribution in [2.75, 3.05) is 27.2 Å². The molecule has 1 aromatic rings. The van der Waals surface area contributed by atoms with E-state index in [1.54, 1.807) is 7.11 Å². The number of nitrogens with zero attached hydrogens (tertiary/aromatic N) is 1. The molecule has 0 aliphatic carbocycles. The second kappa shape index (κ2) is 7.39. The molecule has 0 saturated heterocycles. The summed E-state index contributed by atoms with van der Waals surface area (Å²) < 4.78 is 5.39. The molecule has 0 bridgehead atoms. The van der Waals surface area contributed by atoms with Crippen LogP contribution in [0.4, 0.5) is 0 Å². The highest BCUT2D eigenvalue weighted by molar-refractivity contribution is 5.39. The van der Waals surface area contributed by atoms with Gasteiger partial charge in [-0.1, -0.05) is 31.0 Å². The third kappa shape index (κ3) is 4.31. The minimum Gasteiger partial charge on any atom is -0.496 e. The van der Waals surface area contributed by atoms with E-state index >= 15 is 0 Å². The summed E-state index contributed by atoms with van der Waals surface area (Å²) in [4.78, 5) is 2.29. The second-order valence-electron chi connectivity index (χ2n) is 4.97. The van der Waals surface area contributed by atoms with Gasteiger partial charge in [-0.2, -0.15) is 0 Å². The van der Waals surface area contributed by atoms with Gasteiger partial charge in [-0.15, -0.1) is 0 Å². The molecule has 1 rings (SSSR count).